The van der Waals surface area contributed by atoms with Crippen molar-refractivity contribution in [1.82, 2.24) is 19.8 Å². The number of piperidine rings is 1. The summed E-state index contributed by atoms with van der Waals surface area (Å²) in [6.07, 6.45) is 7.35. The number of carbonyl (C=O) groups is 1. The van der Waals surface area contributed by atoms with Gasteiger partial charge in [0.2, 0.25) is 11.1 Å². The van der Waals surface area contributed by atoms with Gasteiger partial charge in [0.15, 0.2) is 5.82 Å². The maximum Gasteiger partial charge on any atom is 0.233 e. The third-order valence-electron chi connectivity index (χ3n) is 5.98. The van der Waals surface area contributed by atoms with Crippen LogP contribution >= 0.6 is 11.8 Å². The highest BCUT2D eigenvalue weighted by atomic mass is 32.2. The molecule has 8 heteroatoms. The van der Waals surface area contributed by atoms with E-state index in [0.29, 0.717) is 35.3 Å². The molecular formula is C21H29N5O2S. The first kappa shape index (κ1) is 20.1. The smallest absolute Gasteiger partial charge is 0.233 e. The van der Waals surface area contributed by atoms with E-state index in [1.807, 2.05) is 31.2 Å². The lowest BCUT2D eigenvalue weighted by molar-refractivity contribution is -0.134. The number of nitrogen functional groups attached to an aromatic ring is 1. The molecule has 1 amide bonds. The summed E-state index contributed by atoms with van der Waals surface area (Å²) in [4.78, 5) is 15.0. The predicted molar refractivity (Wildman–Crippen MR) is 114 cm³/mol. The van der Waals surface area contributed by atoms with Crippen molar-refractivity contribution in [2.75, 3.05) is 24.7 Å². The van der Waals surface area contributed by atoms with Gasteiger partial charge >= 0.3 is 0 Å². The Balaban J connectivity index is 1.39. The van der Waals surface area contributed by atoms with E-state index in [9.17, 15) is 4.79 Å². The van der Waals surface area contributed by atoms with Crippen LogP contribution in [0.2, 0.25) is 0 Å². The molecule has 1 aliphatic carbocycles. The van der Waals surface area contributed by atoms with Gasteiger partial charge in [-0.15, -0.1) is 10.2 Å². The lowest BCUT2D eigenvalue weighted by atomic mass is 9.78. The van der Waals surface area contributed by atoms with Crippen LogP contribution in [0.25, 0.3) is 11.4 Å². The van der Waals surface area contributed by atoms with E-state index < -0.39 is 0 Å². The number of rotatable bonds is 6. The van der Waals surface area contributed by atoms with Crippen molar-refractivity contribution in [1.29, 1.82) is 0 Å². The average molecular weight is 416 g/mol. The number of likely N-dealkylation sites (tertiary alicyclic amines) is 1. The Morgan fingerprint density at radius 2 is 1.93 bits per heavy atom. The first-order chi connectivity index (χ1) is 14.2. The number of ether oxygens (including phenoxy) is 1. The van der Waals surface area contributed by atoms with Crippen LogP contribution in [0.1, 0.15) is 45.4 Å². The summed E-state index contributed by atoms with van der Waals surface area (Å²) in [5.74, 6) is 8.83. The number of carbonyl (C=O) groups excluding carboxylic acids is 1. The second-order valence-corrected chi connectivity index (χ2v) is 8.71. The summed E-state index contributed by atoms with van der Waals surface area (Å²) in [6.45, 7) is 3.46. The van der Waals surface area contributed by atoms with Crippen LogP contribution in [0.3, 0.4) is 0 Å². The third-order valence-corrected chi connectivity index (χ3v) is 6.90. The molecule has 0 bridgehead atoms. The Bertz CT molecular complexity index is 836. The molecule has 2 N–H and O–H groups in total. The van der Waals surface area contributed by atoms with Crippen LogP contribution in [0, 0.1) is 5.92 Å². The summed E-state index contributed by atoms with van der Waals surface area (Å²) < 4.78 is 6.94. The minimum Gasteiger partial charge on any atom is -0.494 e. The van der Waals surface area contributed by atoms with Crippen molar-refractivity contribution >= 4 is 17.7 Å². The second kappa shape index (κ2) is 9.07. The van der Waals surface area contributed by atoms with E-state index in [-0.39, 0.29) is 5.91 Å². The molecule has 2 atom stereocenters. The van der Waals surface area contributed by atoms with E-state index in [0.717, 1.165) is 30.7 Å². The molecular weight excluding hydrogens is 386 g/mol. The SMILES string of the molecule is CCOc1ccc(-c2nnc(SCC(=O)N3CCC[C@H]4CCCC[C@H]43)n2N)cc1. The third kappa shape index (κ3) is 4.37. The topological polar surface area (TPSA) is 86.3 Å². The van der Waals surface area contributed by atoms with Gasteiger partial charge in [0.25, 0.3) is 0 Å². The second-order valence-electron chi connectivity index (χ2n) is 7.76. The first-order valence-electron chi connectivity index (χ1n) is 10.5. The zero-order valence-corrected chi connectivity index (χ0v) is 17.7. The summed E-state index contributed by atoms with van der Waals surface area (Å²) in [5.41, 5.74) is 0.864. The predicted octanol–water partition coefficient (Wildman–Crippen LogP) is 3.33. The quantitative estimate of drug-likeness (QED) is 0.575. The molecule has 1 aromatic carbocycles. The number of aromatic nitrogens is 3. The van der Waals surface area contributed by atoms with Gasteiger partial charge in [-0.25, -0.2) is 4.68 Å². The van der Waals surface area contributed by atoms with E-state index in [1.54, 1.807) is 0 Å². The van der Waals surface area contributed by atoms with Gasteiger partial charge in [-0.2, -0.15) is 0 Å². The van der Waals surface area contributed by atoms with Crippen molar-refractivity contribution in [2.45, 2.75) is 56.6 Å². The Morgan fingerprint density at radius 1 is 1.17 bits per heavy atom. The molecule has 2 heterocycles. The van der Waals surface area contributed by atoms with E-state index >= 15 is 0 Å². The highest BCUT2D eigenvalue weighted by molar-refractivity contribution is 7.99. The molecule has 7 nitrogen and oxygen atoms in total. The van der Waals surface area contributed by atoms with Crippen LogP contribution in [0.4, 0.5) is 0 Å². The number of nitrogens with zero attached hydrogens (tertiary/aromatic N) is 4. The molecule has 1 saturated heterocycles. The molecule has 2 aliphatic rings. The lowest BCUT2D eigenvalue weighted by Gasteiger charge is -2.44. The van der Waals surface area contributed by atoms with E-state index in [4.69, 9.17) is 10.6 Å². The Labute approximate surface area is 176 Å². The molecule has 1 aromatic heterocycles. The van der Waals surface area contributed by atoms with Gasteiger partial charge in [0.05, 0.1) is 12.4 Å². The zero-order valence-electron chi connectivity index (χ0n) is 16.9. The minimum absolute atomic E-state index is 0.192. The van der Waals surface area contributed by atoms with Crippen LogP contribution < -0.4 is 10.6 Å². The van der Waals surface area contributed by atoms with Crippen molar-refractivity contribution in [3.05, 3.63) is 24.3 Å². The van der Waals surface area contributed by atoms with Gasteiger partial charge in [0.1, 0.15) is 5.75 Å². The summed E-state index contributed by atoms with van der Waals surface area (Å²) in [7, 11) is 0. The van der Waals surface area contributed by atoms with Gasteiger partial charge in [0, 0.05) is 18.2 Å². The zero-order chi connectivity index (χ0) is 20.2. The number of benzene rings is 1. The normalized spacial score (nSPS) is 21.6. The fourth-order valence-electron chi connectivity index (χ4n) is 4.58. The van der Waals surface area contributed by atoms with Gasteiger partial charge < -0.3 is 15.5 Å². The lowest BCUT2D eigenvalue weighted by Crippen LogP contribution is -2.50. The fourth-order valence-corrected chi connectivity index (χ4v) is 5.33. The van der Waals surface area contributed by atoms with Crippen molar-refractivity contribution in [3.8, 4) is 17.1 Å². The van der Waals surface area contributed by atoms with Crippen LogP contribution in [0.15, 0.2) is 29.4 Å². The maximum absolute atomic E-state index is 12.9. The molecule has 4 rings (SSSR count). The number of hydrogen-bond acceptors (Lipinski definition) is 6. The molecule has 0 unspecified atom stereocenters. The van der Waals surface area contributed by atoms with Crippen LogP contribution in [-0.4, -0.2) is 50.6 Å². The maximum atomic E-state index is 12.9. The molecule has 2 aromatic rings. The molecule has 1 aliphatic heterocycles. The van der Waals surface area contributed by atoms with Gasteiger partial charge in [-0.05, 0) is 62.8 Å². The molecule has 156 valence electrons. The summed E-state index contributed by atoms with van der Waals surface area (Å²) in [5, 5.41) is 8.97. The van der Waals surface area contributed by atoms with Crippen molar-refractivity contribution in [3.63, 3.8) is 0 Å². The molecule has 29 heavy (non-hydrogen) atoms. The van der Waals surface area contributed by atoms with Gasteiger partial charge in [-0.1, -0.05) is 24.6 Å². The molecule has 0 radical (unpaired) electrons. The van der Waals surface area contributed by atoms with E-state index in [2.05, 4.69) is 15.1 Å². The largest absolute Gasteiger partial charge is 0.494 e. The molecule has 0 spiro atoms. The summed E-state index contributed by atoms with van der Waals surface area (Å²) in [6, 6.07) is 8.03. The first-order valence-corrected chi connectivity index (χ1v) is 11.5. The van der Waals surface area contributed by atoms with E-state index in [1.165, 1.54) is 42.1 Å². The monoisotopic (exact) mass is 415 g/mol. The average Bonchev–Trinajstić information content (AvgIpc) is 3.12. The number of thioether (sulfide) groups is 1. The number of amides is 1. The fraction of sp³-hybridized carbons (Fsp3) is 0.571. The van der Waals surface area contributed by atoms with Crippen LogP contribution in [-0.2, 0) is 4.79 Å². The Morgan fingerprint density at radius 3 is 2.72 bits per heavy atom. The van der Waals surface area contributed by atoms with Crippen molar-refractivity contribution in [2.24, 2.45) is 5.92 Å². The minimum atomic E-state index is 0.192. The molecule has 1 saturated carbocycles. The molecule has 2 fully saturated rings. The standard InChI is InChI=1S/C21H29N5O2S/c1-2-28-17-11-9-16(10-12-17)20-23-24-21(26(20)22)29-14-19(27)25-13-5-7-15-6-3-4-8-18(15)25/h9-12,15,18H,2-8,13-14,22H2,1H3/t15-,18-/m1/s1. The highest BCUT2D eigenvalue weighted by Gasteiger charge is 2.35. The Kier molecular flexibility index (Phi) is 6.28. The van der Waals surface area contributed by atoms with Crippen LogP contribution in [0.5, 0.6) is 5.75 Å². The van der Waals surface area contributed by atoms with Gasteiger partial charge in [-0.3, -0.25) is 4.79 Å². The number of nitrogens with two attached hydrogens (primary N) is 1. The number of fused-ring (bicyclic) bond motifs is 1. The Hall–Kier alpha value is -2.22. The summed E-state index contributed by atoms with van der Waals surface area (Å²) >= 11 is 1.36. The number of hydrogen-bond donors (Lipinski definition) is 1. The van der Waals surface area contributed by atoms with Crippen molar-refractivity contribution < 1.29 is 9.53 Å². The highest BCUT2D eigenvalue weighted by Crippen LogP contribution is 2.35.